The van der Waals surface area contributed by atoms with Gasteiger partial charge in [-0.15, -0.1) is 0 Å². The van der Waals surface area contributed by atoms with Crippen LogP contribution in [0.3, 0.4) is 0 Å². The summed E-state index contributed by atoms with van der Waals surface area (Å²) in [6.45, 7) is 2.04. The average molecular weight is 561 g/mol. The molecule has 2 aliphatic rings. The molecule has 1 fully saturated rings. The van der Waals surface area contributed by atoms with E-state index in [1.54, 1.807) is 18.3 Å². The summed E-state index contributed by atoms with van der Waals surface area (Å²) < 4.78 is 38.0. The summed E-state index contributed by atoms with van der Waals surface area (Å²) in [5, 5.41) is 13.9. The highest BCUT2D eigenvalue weighted by atomic mass is 35.5. The van der Waals surface area contributed by atoms with Crippen LogP contribution in [0.4, 0.5) is 8.78 Å². The lowest BCUT2D eigenvalue weighted by atomic mass is 9.99. The fourth-order valence-electron chi connectivity index (χ4n) is 5.30. The Bertz CT molecular complexity index is 1290. The smallest absolute Gasteiger partial charge is 0.251 e. The lowest BCUT2D eigenvalue weighted by Gasteiger charge is -2.31. The van der Waals surface area contributed by atoms with Crippen LogP contribution in [0.15, 0.2) is 47.5 Å². The van der Waals surface area contributed by atoms with Gasteiger partial charge in [-0.2, -0.15) is 0 Å². The molecular weight excluding hydrogens is 530 g/mol. The van der Waals surface area contributed by atoms with Crippen LogP contribution in [0.2, 0.25) is 5.02 Å². The molecule has 1 unspecified atom stereocenters. The zero-order chi connectivity index (χ0) is 27.4. The number of pyridine rings is 1. The molecule has 1 amide bonds. The summed E-state index contributed by atoms with van der Waals surface area (Å²) in [6.07, 6.45) is 5.06. The van der Waals surface area contributed by atoms with Crippen LogP contribution in [0.5, 0.6) is 5.75 Å². The number of alkyl halides is 2. The molecule has 2 aromatic heterocycles. The van der Waals surface area contributed by atoms with Crippen molar-refractivity contribution in [2.45, 2.75) is 57.3 Å². The molecule has 8 nitrogen and oxygen atoms in total. The monoisotopic (exact) mass is 560 g/mol. The van der Waals surface area contributed by atoms with Gasteiger partial charge in [0.1, 0.15) is 12.4 Å². The molecule has 39 heavy (non-hydrogen) atoms. The molecule has 2 atom stereocenters. The summed E-state index contributed by atoms with van der Waals surface area (Å²) >= 11 is 6.61. The largest absolute Gasteiger partial charge is 0.484 e. The quantitative estimate of drug-likeness (QED) is 0.378. The van der Waals surface area contributed by atoms with Gasteiger partial charge in [-0.1, -0.05) is 17.7 Å². The molecule has 3 aromatic rings. The summed E-state index contributed by atoms with van der Waals surface area (Å²) in [5.74, 6) is -1.87. The van der Waals surface area contributed by atoms with E-state index in [1.165, 1.54) is 12.6 Å². The second kappa shape index (κ2) is 12.0. The van der Waals surface area contributed by atoms with E-state index in [-0.39, 0.29) is 37.8 Å². The maximum Gasteiger partial charge on any atom is 0.251 e. The number of fused-ring (bicyclic) bond motifs is 1. The van der Waals surface area contributed by atoms with Crippen LogP contribution in [-0.2, 0) is 26.0 Å². The Morgan fingerprint density at radius 2 is 2.23 bits per heavy atom. The molecule has 11 heteroatoms. The van der Waals surface area contributed by atoms with Gasteiger partial charge >= 0.3 is 0 Å². The van der Waals surface area contributed by atoms with Crippen molar-refractivity contribution >= 4 is 17.5 Å². The number of aliphatic hydroxyl groups is 1. The first-order valence-electron chi connectivity index (χ1n) is 13.1. The highest BCUT2D eigenvalue weighted by molar-refractivity contribution is 6.33. The minimum Gasteiger partial charge on any atom is -0.484 e. The Balaban J connectivity index is 1.09. The van der Waals surface area contributed by atoms with Crippen LogP contribution >= 0.6 is 11.6 Å². The first kappa shape index (κ1) is 27.5. The fourth-order valence-corrected chi connectivity index (χ4v) is 5.63. The minimum atomic E-state index is -2.60. The molecule has 2 N–H and O–H groups in total. The van der Waals surface area contributed by atoms with E-state index in [0.29, 0.717) is 66.7 Å². The third kappa shape index (κ3) is 7.12. The Morgan fingerprint density at radius 3 is 3.00 bits per heavy atom. The molecule has 1 saturated carbocycles. The third-order valence-electron chi connectivity index (χ3n) is 7.28. The Morgan fingerprint density at radius 1 is 1.36 bits per heavy atom. The second-order valence-corrected chi connectivity index (χ2v) is 10.7. The number of hydrogen-bond donors (Lipinski definition) is 2. The Labute approximate surface area is 230 Å². The number of β-amino-alcohol motifs (C(OH)–C–C–N with tert-alkyl or cyclic N) is 1. The number of aliphatic hydroxyl groups excluding tert-OH is 1. The standard InChI is InChI=1S/C28H31ClF2N4O4/c29-26-24-5-8-35(14-20(24)1-2-25(26)38-16-23-13-32-17-39-23)15-22(36)12-34-27(37)19-4-7-33-21(10-19)9-18-3-6-28(30,31)11-18/h1-2,4,7,10,13,17-18,22,36H,3,5-6,8-9,11-12,14-16H2,(H,34,37)/t18?,22-/m0/s1. The van der Waals surface area contributed by atoms with Crippen LogP contribution < -0.4 is 10.1 Å². The maximum absolute atomic E-state index is 13.5. The van der Waals surface area contributed by atoms with Gasteiger partial charge in [0.2, 0.25) is 5.92 Å². The van der Waals surface area contributed by atoms with Crippen molar-refractivity contribution in [3.05, 3.63) is 76.2 Å². The van der Waals surface area contributed by atoms with Crippen molar-refractivity contribution in [1.82, 2.24) is 20.2 Å². The highest BCUT2D eigenvalue weighted by Crippen LogP contribution is 2.40. The summed E-state index contributed by atoms with van der Waals surface area (Å²) in [5.41, 5.74) is 3.13. The number of nitrogens with zero attached hydrogens (tertiary/aromatic N) is 3. The molecule has 1 aliphatic heterocycles. The molecule has 208 valence electrons. The Hall–Kier alpha value is -3.08. The van der Waals surface area contributed by atoms with Crippen LogP contribution in [0.25, 0.3) is 0 Å². The lowest BCUT2D eigenvalue weighted by Crippen LogP contribution is -2.42. The van der Waals surface area contributed by atoms with Gasteiger partial charge in [0.25, 0.3) is 5.91 Å². The third-order valence-corrected chi connectivity index (χ3v) is 7.69. The van der Waals surface area contributed by atoms with Crippen LogP contribution in [0, 0.1) is 5.92 Å². The summed E-state index contributed by atoms with van der Waals surface area (Å²) in [7, 11) is 0. The van der Waals surface area contributed by atoms with E-state index in [0.717, 1.165) is 11.1 Å². The van der Waals surface area contributed by atoms with Crippen molar-refractivity contribution in [3.8, 4) is 5.75 Å². The summed E-state index contributed by atoms with van der Waals surface area (Å²) in [6, 6.07) is 7.04. The van der Waals surface area contributed by atoms with Crippen molar-refractivity contribution in [1.29, 1.82) is 0 Å². The predicted octanol–water partition coefficient (Wildman–Crippen LogP) is 4.43. The number of hydrogen-bond acceptors (Lipinski definition) is 7. The molecule has 1 aliphatic carbocycles. The lowest BCUT2D eigenvalue weighted by molar-refractivity contribution is 0.00504. The van der Waals surface area contributed by atoms with Gasteiger partial charge in [0.15, 0.2) is 12.2 Å². The van der Waals surface area contributed by atoms with Gasteiger partial charge in [0.05, 0.1) is 17.3 Å². The average Bonchev–Trinajstić information content (AvgIpc) is 3.56. The van der Waals surface area contributed by atoms with Gasteiger partial charge in [-0.3, -0.25) is 14.7 Å². The first-order chi connectivity index (χ1) is 18.8. The van der Waals surface area contributed by atoms with E-state index in [4.69, 9.17) is 20.8 Å². The van der Waals surface area contributed by atoms with E-state index in [9.17, 15) is 18.7 Å². The maximum atomic E-state index is 13.5. The SMILES string of the molecule is O=C(NC[C@H](O)CN1CCc2c(ccc(OCc3cnco3)c2Cl)C1)c1ccnc(CC2CCC(F)(F)C2)c1. The number of benzene rings is 1. The normalized spacial score (nSPS) is 19.4. The number of nitrogens with one attached hydrogen (secondary N) is 1. The highest BCUT2D eigenvalue weighted by Gasteiger charge is 2.39. The van der Waals surface area contributed by atoms with Crippen molar-refractivity contribution in [3.63, 3.8) is 0 Å². The number of carbonyl (C=O) groups is 1. The predicted molar refractivity (Wildman–Crippen MR) is 140 cm³/mol. The first-order valence-corrected chi connectivity index (χ1v) is 13.5. The van der Waals surface area contributed by atoms with Gasteiger partial charge in [-0.05, 0) is 54.5 Å². The zero-order valence-corrected chi connectivity index (χ0v) is 22.2. The molecule has 0 saturated heterocycles. The van der Waals surface area contributed by atoms with E-state index >= 15 is 0 Å². The topological polar surface area (TPSA) is 101 Å². The number of ether oxygens (including phenoxy) is 1. The van der Waals surface area contributed by atoms with E-state index < -0.39 is 12.0 Å². The van der Waals surface area contributed by atoms with Gasteiger partial charge in [0, 0.05) is 56.5 Å². The molecule has 1 aromatic carbocycles. The molecule has 0 radical (unpaired) electrons. The number of carbonyl (C=O) groups excluding carboxylic acids is 1. The molecule has 5 rings (SSSR count). The van der Waals surface area contributed by atoms with Gasteiger partial charge in [-0.25, -0.2) is 13.8 Å². The molecule has 3 heterocycles. The number of aromatic nitrogens is 2. The van der Waals surface area contributed by atoms with Crippen molar-refractivity contribution in [2.75, 3.05) is 19.6 Å². The molecule has 0 spiro atoms. The number of amides is 1. The fraction of sp³-hybridized carbons (Fsp3) is 0.464. The van der Waals surface area contributed by atoms with Gasteiger partial charge < -0.3 is 19.6 Å². The molecular formula is C28H31ClF2N4O4. The Kier molecular flexibility index (Phi) is 8.44. The van der Waals surface area contributed by atoms with Crippen molar-refractivity contribution in [2.24, 2.45) is 5.92 Å². The molecule has 0 bridgehead atoms. The zero-order valence-electron chi connectivity index (χ0n) is 21.4. The van der Waals surface area contributed by atoms with E-state index in [2.05, 4.69) is 20.2 Å². The number of halogens is 3. The number of oxazole rings is 1. The summed E-state index contributed by atoms with van der Waals surface area (Å²) in [4.78, 5) is 22.9. The van der Waals surface area contributed by atoms with Crippen LogP contribution in [-0.4, -0.2) is 57.5 Å². The minimum absolute atomic E-state index is 0.0872. The second-order valence-electron chi connectivity index (χ2n) is 10.3. The van der Waals surface area contributed by atoms with E-state index in [1.807, 2.05) is 12.1 Å². The van der Waals surface area contributed by atoms with Crippen molar-refractivity contribution < 1.29 is 27.8 Å². The number of rotatable bonds is 10. The van der Waals surface area contributed by atoms with Crippen LogP contribution in [0.1, 0.15) is 52.2 Å².